The zero-order valence-corrected chi connectivity index (χ0v) is 13.7. The second kappa shape index (κ2) is 12.9. The van der Waals surface area contributed by atoms with Gasteiger partial charge in [0.2, 0.25) is 0 Å². The lowest BCUT2D eigenvalue weighted by molar-refractivity contribution is 0.107. The van der Waals surface area contributed by atoms with E-state index in [0.717, 1.165) is 57.1 Å². The van der Waals surface area contributed by atoms with E-state index in [1.54, 1.807) is 7.11 Å². The maximum atomic E-state index is 5.73. The zero-order chi connectivity index (χ0) is 14.5. The molecule has 0 rings (SSSR count). The lowest BCUT2D eigenvalue weighted by Gasteiger charge is -2.19. The molecular weight excluding hydrogens is 238 g/mol. The Morgan fingerprint density at radius 3 is 2.16 bits per heavy atom. The largest absolute Gasteiger partial charge is 0.383 e. The fraction of sp³-hybridized carbons (Fsp3) is 1.00. The van der Waals surface area contributed by atoms with Crippen molar-refractivity contribution in [3.8, 4) is 0 Å². The van der Waals surface area contributed by atoms with Gasteiger partial charge in [0.05, 0.1) is 6.61 Å². The minimum absolute atomic E-state index is 0.718. The molecule has 1 atom stereocenters. The Morgan fingerprint density at radius 1 is 0.895 bits per heavy atom. The summed E-state index contributed by atoms with van der Waals surface area (Å²) in [7, 11) is 1.75. The Balaban J connectivity index is 3.67. The fourth-order valence-corrected chi connectivity index (χ4v) is 2.12. The van der Waals surface area contributed by atoms with Gasteiger partial charge in [-0.2, -0.15) is 0 Å². The van der Waals surface area contributed by atoms with Crippen molar-refractivity contribution in [3.63, 3.8) is 0 Å². The second-order valence-electron chi connectivity index (χ2n) is 6.28. The number of hydrogen-bond donors (Lipinski definition) is 1. The predicted molar refractivity (Wildman–Crippen MR) is 82.6 cm³/mol. The molecule has 0 fully saturated rings. The van der Waals surface area contributed by atoms with Crippen LogP contribution in [0.4, 0.5) is 0 Å². The van der Waals surface area contributed by atoms with E-state index < -0.39 is 0 Å². The molecule has 0 heterocycles. The molecule has 0 spiro atoms. The van der Waals surface area contributed by atoms with Crippen molar-refractivity contribution in [1.29, 1.82) is 0 Å². The first-order chi connectivity index (χ1) is 9.06. The molecule has 3 nitrogen and oxygen atoms in total. The van der Waals surface area contributed by atoms with Crippen molar-refractivity contribution in [2.24, 2.45) is 17.8 Å². The fourth-order valence-electron chi connectivity index (χ4n) is 2.12. The van der Waals surface area contributed by atoms with Crippen molar-refractivity contribution >= 4 is 0 Å². The summed E-state index contributed by atoms with van der Waals surface area (Å²) in [4.78, 5) is 0. The van der Waals surface area contributed by atoms with Gasteiger partial charge >= 0.3 is 0 Å². The monoisotopic (exact) mass is 273 g/mol. The normalized spacial score (nSPS) is 13.4. The van der Waals surface area contributed by atoms with E-state index in [9.17, 15) is 0 Å². The topological polar surface area (TPSA) is 30.5 Å². The number of hydrogen-bond acceptors (Lipinski definition) is 3. The Labute approximate surface area is 120 Å². The van der Waals surface area contributed by atoms with Crippen LogP contribution in [0, 0.1) is 17.8 Å². The van der Waals surface area contributed by atoms with Crippen LogP contribution in [0.5, 0.6) is 0 Å². The summed E-state index contributed by atoms with van der Waals surface area (Å²) >= 11 is 0. The highest BCUT2D eigenvalue weighted by Gasteiger charge is 2.10. The van der Waals surface area contributed by atoms with Crippen LogP contribution < -0.4 is 5.32 Å². The molecule has 0 aliphatic carbocycles. The molecule has 0 amide bonds. The van der Waals surface area contributed by atoms with Gasteiger partial charge in [0, 0.05) is 26.9 Å². The third-order valence-electron chi connectivity index (χ3n) is 3.23. The molecule has 1 unspecified atom stereocenters. The van der Waals surface area contributed by atoms with E-state index in [1.165, 1.54) is 12.8 Å². The van der Waals surface area contributed by atoms with Crippen LogP contribution >= 0.6 is 0 Å². The first-order valence-corrected chi connectivity index (χ1v) is 7.83. The molecule has 116 valence electrons. The maximum absolute atomic E-state index is 5.73. The van der Waals surface area contributed by atoms with E-state index in [1.807, 2.05) is 0 Å². The Kier molecular flexibility index (Phi) is 12.8. The molecule has 3 heteroatoms. The summed E-state index contributed by atoms with van der Waals surface area (Å²) in [6.45, 7) is 13.7. The van der Waals surface area contributed by atoms with E-state index >= 15 is 0 Å². The van der Waals surface area contributed by atoms with Gasteiger partial charge in [-0.05, 0) is 43.6 Å². The Hall–Kier alpha value is -0.120. The molecule has 0 aromatic heterocycles. The SMILES string of the molecule is COCCNCC(CCOCCC(C)C)CC(C)C. The standard InChI is InChI=1S/C16H35NO2/c1-14(2)6-9-19-10-7-16(12-15(3)4)13-17-8-11-18-5/h14-17H,6-13H2,1-5H3. The highest BCUT2D eigenvalue weighted by atomic mass is 16.5. The van der Waals surface area contributed by atoms with Crippen LogP contribution in [-0.2, 0) is 9.47 Å². The number of methoxy groups -OCH3 is 1. The van der Waals surface area contributed by atoms with Crippen molar-refractivity contribution < 1.29 is 9.47 Å². The molecule has 0 aliphatic heterocycles. The summed E-state index contributed by atoms with van der Waals surface area (Å²) in [5.74, 6) is 2.21. The average molecular weight is 273 g/mol. The lowest BCUT2D eigenvalue weighted by Crippen LogP contribution is -2.27. The van der Waals surface area contributed by atoms with Gasteiger partial charge < -0.3 is 14.8 Å². The first-order valence-electron chi connectivity index (χ1n) is 7.83. The van der Waals surface area contributed by atoms with Crippen LogP contribution in [0.15, 0.2) is 0 Å². The van der Waals surface area contributed by atoms with Crippen molar-refractivity contribution in [2.75, 3.05) is 40.0 Å². The van der Waals surface area contributed by atoms with Gasteiger partial charge in [0.1, 0.15) is 0 Å². The van der Waals surface area contributed by atoms with Gasteiger partial charge in [-0.25, -0.2) is 0 Å². The maximum Gasteiger partial charge on any atom is 0.0587 e. The van der Waals surface area contributed by atoms with Gasteiger partial charge in [0.25, 0.3) is 0 Å². The molecule has 0 aromatic carbocycles. The summed E-state index contributed by atoms with van der Waals surface area (Å²) < 4.78 is 10.8. The number of ether oxygens (including phenoxy) is 2. The van der Waals surface area contributed by atoms with Crippen molar-refractivity contribution in [1.82, 2.24) is 5.32 Å². The minimum atomic E-state index is 0.718. The number of rotatable bonds is 13. The number of nitrogens with one attached hydrogen (secondary N) is 1. The minimum Gasteiger partial charge on any atom is -0.383 e. The molecule has 1 N–H and O–H groups in total. The van der Waals surface area contributed by atoms with Crippen molar-refractivity contribution in [2.45, 2.75) is 47.0 Å². The Bertz CT molecular complexity index is 184. The predicted octanol–water partition coefficient (Wildman–Crippen LogP) is 3.34. The third kappa shape index (κ3) is 14.1. The van der Waals surface area contributed by atoms with Crippen LogP contribution in [0.1, 0.15) is 47.0 Å². The summed E-state index contributed by atoms with van der Waals surface area (Å²) in [5, 5.41) is 3.47. The average Bonchev–Trinajstić information content (AvgIpc) is 2.32. The highest BCUT2D eigenvalue weighted by Crippen LogP contribution is 2.15. The first kappa shape index (κ1) is 18.9. The molecular formula is C16H35NO2. The molecule has 0 saturated heterocycles. The van der Waals surface area contributed by atoms with Crippen LogP contribution in [0.25, 0.3) is 0 Å². The third-order valence-corrected chi connectivity index (χ3v) is 3.23. The van der Waals surface area contributed by atoms with Crippen LogP contribution in [0.2, 0.25) is 0 Å². The van der Waals surface area contributed by atoms with E-state index in [4.69, 9.17) is 9.47 Å². The van der Waals surface area contributed by atoms with Gasteiger partial charge in [-0.15, -0.1) is 0 Å². The van der Waals surface area contributed by atoms with Gasteiger partial charge in [-0.1, -0.05) is 27.7 Å². The summed E-state index contributed by atoms with van der Waals surface area (Å²) in [5.41, 5.74) is 0. The smallest absolute Gasteiger partial charge is 0.0587 e. The van der Waals surface area contributed by atoms with Gasteiger partial charge in [-0.3, -0.25) is 0 Å². The molecule has 19 heavy (non-hydrogen) atoms. The van der Waals surface area contributed by atoms with E-state index in [0.29, 0.717) is 0 Å². The summed E-state index contributed by atoms with van der Waals surface area (Å²) in [6, 6.07) is 0. The van der Waals surface area contributed by atoms with Crippen LogP contribution in [0.3, 0.4) is 0 Å². The quantitative estimate of drug-likeness (QED) is 0.522. The zero-order valence-electron chi connectivity index (χ0n) is 13.7. The molecule has 0 saturated carbocycles. The molecule has 0 radical (unpaired) electrons. The van der Waals surface area contributed by atoms with Crippen molar-refractivity contribution in [3.05, 3.63) is 0 Å². The van der Waals surface area contributed by atoms with Crippen LogP contribution in [-0.4, -0.2) is 40.0 Å². The molecule has 0 aliphatic rings. The van der Waals surface area contributed by atoms with E-state index in [2.05, 4.69) is 33.0 Å². The highest BCUT2D eigenvalue weighted by molar-refractivity contribution is 4.65. The Morgan fingerprint density at radius 2 is 1.58 bits per heavy atom. The molecule has 0 bridgehead atoms. The second-order valence-corrected chi connectivity index (χ2v) is 6.28. The van der Waals surface area contributed by atoms with Gasteiger partial charge in [0.15, 0.2) is 0 Å². The molecule has 0 aromatic rings. The van der Waals surface area contributed by atoms with E-state index in [-0.39, 0.29) is 0 Å². The summed E-state index contributed by atoms with van der Waals surface area (Å²) in [6.07, 6.45) is 3.60. The lowest BCUT2D eigenvalue weighted by atomic mass is 9.94.